The van der Waals surface area contributed by atoms with E-state index in [0.29, 0.717) is 6.54 Å². The van der Waals surface area contributed by atoms with Crippen molar-refractivity contribution in [3.05, 3.63) is 44.4 Å². The van der Waals surface area contributed by atoms with Gasteiger partial charge in [0.05, 0.1) is 24.9 Å². The highest BCUT2D eigenvalue weighted by Gasteiger charge is 2.20. The third kappa shape index (κ3) is 3.11. The smallest absolute Gasteiger partial charge is 0.252 e. The van der Waals surface area contributed by atoms with Crippen molar-refractivity contribution in [3.8, 4) is 5.75 Å². The first kappa shape index (κ1) is 16.0. The summed E-state index contributed by atoms with van der Waals surface area (Å²) in [6, 6.07) is 0. The molecule has 0 saturated carbocycles. The van der Waals surface area contributed by atoms with E-state index >= 15 is 0 Å². The maximum absolute atomic E-state index is 12.5. The van der Waals surface area contributed by atoms with Gasteiger partial charge >= 0.3 is 0 Å². The van der Waals surface area contributed by atoms with Crippen LogP contribution in [0.1, 0.15) is 50.5 Å². The number of carbonyl (C=O) groups is 1. The van der Waals surface area contributed by atoms with Gasteiger partial charge in [-0.25, -0.2) is 0 Å². The number of carbonyl (C=O) groups excluding carboxylic acids is 1. The highest BCUT2D eigenvalue weighted by molar-refractivity contribution is 7.10. The maximum atomic E-state index is 12.5. The molecule has 1 aliphatic rings. The molecule has 0 spiro atoms. The molecule has 4 nitrogen and oxygen atoms in total. The summed E-state index contributed by atoms with van der Waals surface area (Å²) >= 11 is 1.72. The highest BCUT2D eigenvalue weighted by Crippen LogP contribution is 2.30. The third-order valence-corrected chi connectivity index (χ3v) is 5.56. The number of fused-ring (bicyclic) bond motifs is 1. The Kier molecular flexibility index (Phi) is 4.66. The standard InChI is InChI=1S/C18H22N2O2S/c1-11-8-19-15(12(2)17(11)22-3)9-20-18(21)14-10-23-16-7-5-4-6-13(14)16/h8,10H,4-7,9H2,1-3H3,(H,20,21). The summed E-state index contributed by atoms with van der Waals surface area (Å²) in [6.45, 7) is 4.37. The number of nitrogens with zero attached hydrogens (tertiary/aromatic N) is 1. The summed E-state index contributed by atoms with van der Waals surface area (Å²) in [5.74, 6) is 0.849. The maximum Gasteiger partial charge on any atom is 0.252 e. The van der Waals surface area contributed by atoms with Crippen LogP contribution in [0, 0.1) is 13.8 Å². The number of pyridine rings is 1. The van der Waals surface area contributed by atoms with E-state index in [0.717, 1.165) is 41.0 Å². The Morgan fingerprint density at radius 1 is 1.35 bits per heavy atom. The van der Waals surface area contributed by atoms with Gasteiger partial charge in [0.25, 0.3) is 5.91 Å². The van der Waals surface area contributed by atoms with E-state index in [4.69, 9.17) is 4.74 Å². The first-order valence-electron chi connectivity index (χ1n) is 7.98. The molecule has 0 aliphatic heterocycles. The molecule has 3 rings (SSSR count). The zero-order valence-corrected chi connectivity index (χ0v) is 14.7. The van der Waals surface area contributed by atoms with Gasteiger partial charge in [0, 0.05) is 27.6 Å². The molecular weight excluding hydrogens is 308 g/mol. The van der Waals surface area contributed by atoms with Crippen LogP contribution in [-0.4, -0.2) is 18.0 Å². The van der Waals surface area contributed by atoms with E-state index in [1.54, 1.807) is 24.6 Å². The fourth-order valence-electron chi connectivity index (χ4n) is 3.19. The number of nitrogens with one attached hydrogen (secondary N) is 1. The van der Waals surface area contributed by atoms with Crippen molar-refractivity contribution >= 4 is 17.2 Å². The van der Waals surface area contributed by atoms with Gasteiger partial charge in [0.15, 0.2) is 0 Å². The summed E-state index contributed by atoms with van der Waals surface area (Å²) < 4.78 is 5.42. The molecule has 1 aliphatic carbocycles. The largest absolute Gasteiger partial charge is 0.496 e. The molecular formula is C18H22N2O2S. The van der Waals surface area contributed by atoms with Crippen molar-refractivity contribution < 1.29 is 9.53 Å². The van der Waals surface area contributed by atoms with Crippen LogP contribution >= 0.6 is 11.3 Å². The van der Waals surface area contributed by atoms with Crippen molar-refractivity contribution in [2.75, 3.05) is 7.11 Å². The Morgan fingerprint density at radius 3 is 2.91 bits per heavy atom. The van der Waals surface area contributed by atoms with Gasteiger partial charge in [-0.2, -0.15) is 0 Å². The number of aryl methyl sites for hydroxylation is 2. The number of rotatable bonds is 4. The lowest BCUT2D eigenvalue weighted by Crippen LogP contribution is -2.25. The number of ether oxygens (including phenoxy) is 1. The Hall–Kier alpha value is -1.88. The van der Waals surface area contributed by atoms with Gasteiger partial charge < -0.3 is 10.1 Å². The predicted octanol–water partition coefficient (Wildman–Crippen LogP) is 3.58. The van der Waals surface area contributed by atoms with E-state index in [9.17, 15) is 4.79 Å². The SMILES string of the molecule is COc1c(C)cnc(CNC(=O)c2csc3c2CCCC3)c1C. The number of hydrogen-bond acceptors (Lipinski definition) is 4. The van der Waals surface area contributed by atoms with Crippen LogP contribution in [0.2, 0.25) is 0 Å². The van der Waals surface area contributed by atoms with Crippen LogP contribution in [0.25, 0.3) is 0 Å². The highest BCUT2D eigenvalue weighted by atomic mass is 32.1. The minimum atomic E-state index is 0.00476. The molecule has 0 saturated heterocycles. The lowest BCUT2D eigenvalue weighted by Gasteiger charge is -2.14. The van der Waals surface area contributed by atoms with Gasteiger partial charge in [-0.3, -0.25) is 9.78 Å². The van der Waals surface area contributed by atoms with Crippen LogP contribution in [0.5, 0.6) is 5.75 Å². The Balaban J connectivity index is 1.74. The molecule has 1 N–H and O–H groups in total. The average Bonchev–Trinajstić information content (AvgIpc) is 2.98. The van der Waals surface area contributed by atoms with Crippen molar-refractivity contribution in [1.82, 2.24) is 10.3 Å². The van der Waals surface area contributed by atoms with Crippen molar-refractivity contribution in [2.24, 2.45) is 0 Å². The lowest BCUT2D eigenvalue weighted by atomic mass is 9.95. The first-order valence-corrected chi connectivity index (χ1v) is 8.86. The molecule has 0 radical (unpaired) electrons. The molecule has 2 aromatic rings. The summed E-state index contributed by atoms with van der Waals surface area (Å²) in [5, 5.41) is 5.01. The quantitative estimate of drug-likeness (QED) is 0.932. The molecule has 0 fully saturated rings. The van der Waals surface area contributed by atoms with Crippen LogP contribution in [0.15, 0.2) is 11.6 Å². The normalized spacial score (nSPS) is 13.5. The molecule has 5 heteroatoms. The van der Waals surface area contributed by atoms with Gasteiger partial charge in [0.2, 0.25) is 0 Å². The molecule has 23 heavy (non-hydrogen) atoms. The van der Waals surface area contributed by atoms with Crippen LogP contribution in [0.3, 0.4) is 0 Å². The van der Waals surface area contributed by atoms with Crippen molar-refractivity contribution in [1.29, 1.82) is 0 Å². The second-order valence-electron chi connectivity index (χ2n) is 5.99. The van der Waals surface area contributed by atoms with E-state index in [1.165, 1.54) is 23.3 Å². The van der Waals surface area contributed by atoms with E-state index in [-0.39, 0.29) is 5.91 Å². The lowest BCUT2D eigenvalue weighted by molar-refractivity contribution is 0.0949. The topological polar surface area (TPSA) is 51.2 Å². The van der Waals surface area contributed by atoms with Gasteiger partial charge in [0.1, 0.15) is 5.75 Å². The number of amides is 1. The summed E-state index contributed by atoms with van der Waals surface area (Å²) in [5.41, 5.74) is 4.95. The molecule has 0 aromatic carbocycles. The van der Waals surface area contributed by atoms with Gasteiger partial charge in [-0.05, 0) is 45.1 Å². The third-order valence-electron chi connectivity index (χ3n) is 4.47. The second-order valence-corrected chi connectivity index (χ2v) is 6.95. The Labute approximate surface area is 140 Å². The van der Waals surface area contributed by atoms with Crippen molar-refractivity contribution in [3.63, 3.8) is 0 Å². The average molecular weight is 330 g/mol. The fraction of sp³-hybridized carbons (Fsp3) is 0.444. The number of hydrogen-bond donors (Lipinski definition) is 1. The number of thiophene rings is 1. The molecule has 2 heterocycles. The number of aromatic nitrogens is 1. The zero-order chi connectivity index (χ0) is 16.4. The fourth-order valence-corrected chi connectivity index (χ4v) is 4.32. The Bertz CT molecular complexity index is 737. The monoisotopic (exact) mass is 330 g/mol. The molecule has 122 valence electrons. The van der Waals surface area contributed by atoms with Crippen LogP contribution in [-0.2, 0) is 19.4 Å². The molecule has 0 unspecified atom stereocenters. The Morgan fingerprint density at radius 2 is 2.13 bits per heavy atom. The summed E-state index contributed by atoms with van der Waals surface area (Å²) in [7, 11) is 1.66. The molecule has 0 atom stereocenters. The van der Waals surface area contributed by atoms with Crippen LogP contribution < -0.4 is 10.1 Å². The minimum absolute atomic E-state index is 0.00476. The first-order chi connectivity index (χ1) is 11.1. The number of methoxy groups -OCH3 is 1. The second kappa shape index (κ2) is 6.71. The van der Waals surface area contributed by atoms with Crippen LogP contribution in [0.4, 0.5) is 0 Å². The van der Waals surface area contributed by atoms with Gasteiger partial charge in [-0.1, -0.05) is 0 Å². The van der Waals surface area contributed by atoms with Crippen molar-refractivity contribution in [2.45, 2.75) is 46.1 Å². The van der Waals surface area contributed by atoms with Gasteiger partial charge in [-0.15, -0.1) is 11.3 Å². The summed E-state index contributed by atoms with van der Waals surface area (Å²) in [4.78, 5) is 18.3. The summed E-state index contributed by atoms with van der Waals surface area (Å²) in [6.07, 6.45) is 6.35. The minimum Gasteiger partial charge on any atom is -0.496 e. The predicted molar refractivity (Wildman–Crippen MR) is 92.4 cm³/mol. The van der Waals surface area contributed by atoms with E-state index < -0.39 is 0 Å². The van der Waals surface area contributed by atoms with E-state index in [2.05, 4.69) is 10.3 Å². The molecule has 2 aromatic heterocycles. The zero-order valence-electron chi connectivity index (χ0n) is 13.9. The molecule has 0 bridgehead atoms. The molecule has 1 amide bonds. The van der Waals surface area contributed by atoms with E-state index in [1.807, 2.05) is 19.2 Å².